The fraction of sp³-hybridized carbons (Fsp3) is 0.871. The summed E-state index contributed by atoms with van der Waals surface area (Å²) in [7, 11) is 0. The van der Waals surface area contributed by atoms with Gasteiger partial charge in [-0.25, -0.2) is 0 Å². The summed E-state index contributed by atoms with van der Waals surface area (Å²) in [5.74, 6) is 4.47. The summed E-state index contributed by atoms with van der Waals surface area (Å²) >= 11 is 0. The molecule has 5 atom stereocenters. The molecule has 0 bridgehead atoms. The summed E-state index contributed by atoms with van der Waals surface area (Å²) < 4.78 is 0. The van der Waals surface area contributed by atoms with E-state index < -0.39 is 0 Å². The highest BCUT2D eigenvalue weighted by atomic mass is 14.3. The lowest BCUT2D eigenvalue weighted by Crippen LogP contribution is -2.24. The lowest BCUT2D eigenvalue weighted by molar-refractivity contribution is 0.165. The molecule has 0 spiro atoms. The molecule has 182 valence electrons. The Labute approximate surface area is 197 Å². The maximum atomic E-state index is 4.05. The van der Waals surface area contributed by atoms with Crippen LogP contribution in [0.2, 0.25) is 0 Å². The third kappa shape index (κ3) is 12.3. The quantitative estimate of drug-likeness (QED) is 0.302. The number of hydrogen-bond donors (Lipinski definition) is 0. The minimum atomic E-state index is 0.697. The Bertz CT molecular complexity index is 484. The molecular weight excluding hydrogens is 372 g/mol. The maximum absolute atomic E-state index is 4.05. The summed E-state index contributed by atoms with van der Waals surface area (Å²) in [5, 5.41) is 0. The van der Waals surface area contributed by atoms with E-state index in [2.05, 4.69) is 54.2 Å². The van der Waals surface area contributed by atoms with Crippen LogP contribution in [0, 0.1) is 29.6 Å². The number of allylic oxidation sites excluding steroid dienone is 3. The summed E-state index contributed by atoms with van der Waals surface area (Å²) in [6, 6.07) is 0. The molecule has 0 nitrogen and oxygen atoms in total. The van der Waals surface area contributed by atoms with Gasteiger partial charge in [-0.1, -0.05) is 141 Å². The van der Waals surface area contributed by atoms with Crippen molar-refractivity contribution in [1.82, 2.24) is 0 Å². The summed E-state index contributed by atoms with van der Waals surface area (Å²) in [5.41, 5.74) is 2.70. The lowest BCUT2D eigenvalue weighted by atomic mass is 9.72. The molecule has 0 amide bonds. The van der Waals surface area contributed by atoms with Crippen molar-refractivity contribution < 1.29 is 0 Å². The van der Waals surface area contributed by atoms with Crippen molar-refractivity contribution in [3.63, 3.8) is 0 Å². The maximum Gasteiger partial charge on any atom is -0.0231 e. The minimum absolute atomic E-state index is 0.697. The third-order valence-electron chi connectivity index (χ3n) is 8.51. The molecule has 1 saturated carbocycles. The van der Waals surface area contributed by atoms with Crippen LogP contribution in [-0.2, 0) is 0 Å². The molecule has 0 aromatic carbocycles. The number of hydrogen-bond acceptors (Lipinski definition) is 0. The summed E-state index contributed by atoms with van der Waals surface area (Å²) in [4.78, 5) is 0. The van der Waals surface area contributed by atoms with Crippen LogP contribution in [0.1, 0.15) is 144 Å². The molecule has 0 aromatic rings. The Balaban J connectivity index is 2.67. The normalized spacial score (nSPS) is 26.9. The highest BCUT2D eigenvalue weighted by molar-refractivity contribution is 5.18. The zero-order valence-corrected chi connectivity index (χ0v) is 22.5. The van der Waals surface area contributed by atoms with Gasteiger partial charge in [-0.05, 0) is 56.3 Å². The van der Waals surface area contributed by atoms with Crippen LogP contribution in [0.5, 0.6) is 0 Å². The highest BCUT2D eigenvalue weighted by Gasteiger charge is 2.27. The van der Waals surface area contributed by atoms with Crippen LogP contribution in [0.15, 0.2) is 23.8 Å². The molecule has 0 radical (unpaired) electrons. The summed E-state index contributed by atoms with van der Waals surface area (Å²) in [6.45, 7) is 18.4. The van der Waals surface area contributed by atoms with E-state index in [9.17, 15) is 0 Å². The molecule has 0 heterocycles. The van der Waals surface area contributed by atoms with E-state index >= 15 is 0 Å². The zero-order valence-electron chi connectivity index (χ0n) is 22.5. The van der Waals surface area contributed by atoms with E-state index in [1.165, 1.54) is 114 Å². The molecule has 1 aliphatic rings. The topological polar surface area (TPSA) is 0 Å². The third-order valence-corrected chi connectivity index (χ3v) is 8.51. The van der Waals surface area contributed by atoms with Crippen molar-refractivity contribution in [2.24, 2.45) is 29.6 Å². The largest absolute Gasteiger partial charge is 0.0961 e. The van der Waals surface area contributed by atoms with Gasteiger partial charge in [0.2, 0.25) is 0 Å². The lowest BCUT2D eigenvalue weighted by Gasteiger charge is -2.34. The van der Waals surface area contributed by atoms with Crippen molar-refractivity contribution in [1.29, 1.82) is 0 Å². The molecule has 1 fully saturated rings. The van der Waals surface area contributed by atoms with Crippen LogP contribution in [0.25, 0.3) is 0 Å². The van der Waals surface area contributed by atoms with Gasteiger partial charge in [-0.2, -0.15) is 0 Å². The van der Waals surface area contributed by atoms with Gasteiger partial charge >= 0.3 is 0 Å². The SMILES string of the molecule is C=C(C)C=C(C)C(C)CCCC(CC)CC1CCCCCCCCCCC(C)C1CC. The van der Waals surface area contributed by atoms with Gasteiger partial charge in [0.25, 0.3) is 0 Å². The van der Waals surface area contributed by atoms with Crippen LogP contribution in [0.4, 0.5) is 0 Å². The molecule has 1 rings (SSSR count). The van der Waals surface area contributed by atoms with Gasteiger partial charge in [0.05, 0.1) is 0 Å². The second-order valence-electron chi connectivity index (χ2n) is 11.3. The highest BCUT2D eigenvalue weighted by Crippen LogP contribution is 2.38. The van der Waals surface area contributed by atoms with Gasteiger partial charge < -0.3 is 0 Å². The van der Waals surface area contributed by atoms with Gasteiger partial charge in [0, 0.05) is 0 Å². The Morgan fingerprint density at radius 1 is 0.903 bits per heavy atom. The van der Waals surface area contributed by atoms with Gasteiger partial charge in [-0.15, -0.1) is 0 Å². The first-order valence-corrected chi connectivity index (χ1v) is 14.2. The first kappa shape index (κ1) is 28.5. The molecule has 0 saturated heterocycles. The van der Waals surface area contributed by atoms with E-state index in [0.29, 0.717) is 5.92 Å². The van der Waals surface area contributed by atoms with Gasteiger partial charge in [-0.3, -0.25) is 0 Å². The predicted octanol–water partition coefficient (Wildman–Crippen LogP) is 10.9. The second kappa shape index (κ2) is 17.0. The van der Waals surface area contributed by atoms with Crippen molar-refractivity contribution in [2.45, 2.75) is 144 Å². The smallest absolute Gasteiger partial charge is 0.0231 e. The Hall–Kier alpha value is -0.520. The summed E-state index contributed by atoms with van der Waals surface area (Å²) in [6.07, 6.45) is 25.5. The van der Waals surface area contributed by atoms with Crippen LogP contribution in [-0.4, -0.2) is 0 Å². The van der Waals surface area contributed by atoms with E-state index in [-0.39, 0.29) is 0 Å². The zero-order chi connectivity index (χ0) is 23.1. The average molecular weight is 431 g/mol. The van der Waals surface area contributed by atoms with E-state index in [4.69, 9.17) is 0 Å². The first-order chi connectivity index (χ1) is 14.9. The van der Waals surface area contributed by atoms with Crippen molar-refractivity contribution in [3.05, 3.63) is 23.8 Å². The predicted molar refractivity (Wildman–Crippen MR) is 143 cm³/mol. The van der Waals surface area contributed by atoms with Crippen molar-refractivity contribution in [3.8, 4) is 0 Å². The average Bonchev–Trinajstić information content (AvgIpc) is 2.74. The molecule has 0 aliphatic heterocycles. The number of rotatable bonds is 10. The molecule has 31 heavy (non-hydrogen) atoms. The van der Waals surface area contributed by atoms with E-state index in [1.54, 1.807) is 0 Å². The monoisotopic (exact) mass is 430 g/mol. The second-order valence-corrected chi connectivity index (χ2v) is 11.3. The van der Waals surface area contributed by atoms with Gasteiger partial charge in [0.15, 0.2) is 0 Å². The molecule has 0 aromatic heterocycles. The Morgan fingerprint density at radius 3 is 2.03 bits per heavy atom. The minimum Gasteiger partial charge on any atom is -0.0961 e. The molecule has 1 aliphatic carbocycles. The first-order valence-electron chi connectivity index (χ1n) is 14.2. The van der Waals surface area contributed by atoms with Crippen LogP contribution < -0.4 is 0 Å². The van der Waals surface area contributed by atoms with Crippen LogP contribution in [0.3, 0.4) is 0 Å². The fourth-order valence-electron chi connectivity index (χ4n) is 6.24. The molecule has 0 heteroatoms. The van der Waals surface area contributed by atoms with E-state index in [1.807, 2.05) is 0 Å². The van der Waals surface area contributed by atoms with E-state index in [0.717, 1.165) is 23.7 Å². The Kier molecular flexibility index (Phi) is 15.7. The molecule has 5 unspecified atom stereocenters. The van der Waals surface area contributed by atoms with Crippen LogP contribution >= 0.6 is 0 Å². The van der Waals surface area contributed by atoms with Crippen molar-refractivity contribution in [2.75, 3.05) is 0 Å². The van der Waals surface area contributed by atoms with Gasteiger partial charge in [0.1, 0.15) is 0 Å². The fourth-order valence-corrected chi connectivity index (χ4v) is 6.24. The Morgan fingerprint density at radius 2 is 1.48 bits per heavy atom. The van der Waals surface area contributed by atoms with Crippen molar-refractivity contribution >= 4 is 0 Å². The molecule has 0 N–H and O–H groups in total. The molecular formula is C31H58. The standard InChI is InChI=1S/C31H58/c1-8-29(21-18-20-26(5)28(7)23-25(3)4)24-30-22-17-15-13-11-10-12-14-16-19-27(6)31(30)9-2/h23,26-27,29-31H,3,8-22,24H2,1-2,4-7H3.